The molecule has 0 atom stereocenters. The number of fused-ring (bicyclic) bond motifs is 1. The Bertz CT molecular complexity index is 1030. The lowest BCUT2D eigenvalue weighted by molar-refractivity contribution is 0.0950. The zero-order valence-electron chi connectivity index (χ0n) is 14.4. The Hall–Kier alpha value is -2.44. The normalized spacial score (nSPS) is 11.1. The molecule has 0 radical (unpaired) electrons. The second-order valence-electron chi connectivity index (χ2n) is 5.96. The number of aryl methyl sites for hydroxylation is 1. The number of para-hydroxylation sites is 1. The summed E-state index contributed by atoms with van der Waals surface area (Å²) in [4.78, 5) is 18.2. The third-order valence-electron chi connectivity index (χ3n) is 4.32. The number of carbonyl (C=O) groups is 1. The van der Waals surface area contributed by atoms with Crippen molar-refractivity contribution in [1.29, 1.82) is 0 Å². The molecular formula is C20H19N3OS2. The van der Waals surface area contributed by atoms with E-state index in [1.54, 1.807) is 11.3 Å². The third-order valence-corrected chi connectivity index (χ3v) is 6.12. The van der Waals surface area contributed by atoms with Gasteiger partial charge in [-0.05, 0) is 36.9 Å². The SMILES string of the molecule is CCn1c(-c2nc(C(=O)NCCc3cccs3)cs2)cc2ccccc21. The van der Waals surface area contributed by atoms with Crippen LogP contribution in [0.3, 0.4) is 0 Å². The van der Waals surface area contributed by atoms with E-state index < -0.39 is 0 Å². The van der Waals surface area contributed by atoms with Crippen LogP contribution in [-0.2, 0) is 13.0 Å². The van der Waals surface area contributed by atoms with Gasteiger partial charge in [0.2, 0.25) is 0 Å². The third kappa shape index (κ3) is 3.30. The highest BCUT2D eigenvalue weighted by Gasteiger charge is 2.15. The van der Waals surface area contributed by atoms with Gasteiger partial charge in [0.15, 0.2) is 0 Å². The molecule has 0 saturated carbocycles. The molecule has 132 valence electrons. The molecule has 6 heteroatoms. The predicted molar refractivity (Wildman–Crippen MR) is 109 cm³/mol. The molecule has 26 heavy (non-hydrogen) atoms. The van der Waals surface area contributed by atoms with Crippen LogP contribution < -0.4 is 5.32 Å². The maximum absolute atomic E-state index is 12.4. The lowest BCUT2D eigenvalue weighted by Gasteiger charge is -2.05. The Morgan fingerprint density at radius 1 is 1.19 bits per heavy atom. The minimum absolute atomic E-state index is 0.108. The van der Waals surface area contributed by atoms with Crippen LogP contribution >= 0.6 is 22.7 Å². The van der Waals surface area contributed by atoms with Crippen molar-refractivity contribution in [2.24, 2.45) is 0 Å². The molecule has 1 amide bonds. The number of amides is 1. The second kappa shape index (κ2) is 7.43. The highest BCUT2D eigenvalue weighted by Crippen LogP contribution is 2.30. The van der Waals surface area contributed by atoms with Crippen LogP contribution in [-0.4, -0.2) is 22.0 Å². The van der Waals surface area contributed by atoms with Gasteiger partial charge in [-0.1, -0.05) is 24.3 Å². The Morgan fingerprint density at radius 3 is 2.88 bits per heavy atom. The molecule has 0 bridgehead atoms. The van der Waals surface area contributed by atoms with Crippen LogP contribution in [0.5, 0.6) is 0 Å². The maximum atomic E-state index is 12.4. The van der Waals surface area contributed by atoms with Crippen LogP contribution in [0.1, 0.15) is 22.3 Å². The van der Waals surface area contributed by atoms with Gasteiger partial charge in [-0.2, -0.15) is 0 Å². The van der Waals surface area contributed by atoms with Crippen molar-refractivity contribution in [3.05, 3.63) is 63.8 Å². The Morgan fingerprint density at radius 2 is 2.08 bits per heavy atom. The van der Waals surface area contributed by atoms with Gasteiger partial charge in [-0.25, -0.2) is 4.98 Å². The fraction of sp³-hybridized carbons (Fsp3) is 0.200. The van der Waals surface area contributed by atoms with Gasteiger partial charge in [0.1, 0.15) is 10.7 Å². The lowest BCUT2D eigenvalue weighted by Crippen LogP contribution is -2.25. The number of hydrogen-bond acceptors (Lipinski definition) is 4. The molecule has 3 heterocycles. The minimum Gasteiger partial charge on any atom is -0.350 e. The first-order valence-corrected chi connectivity index (χ1v) is 10.4. The zero-order valence-corrected chi connectivity index (χ0v) is 16.1. The molecule has 0 aliphatic carbocycles. The van der Waals surface area contributed by atoms with E-state index in [4.69, 9.17) is 0 Å². The van der Waals surface area contributed by atoms with Crippen molar-refractivity contribution in [2.75, 3.05) is 6.54 Å². The highest BCUT2D eigenvalue weighted by atomic mass is 32.1. The molecule has 4 nitrogen and oxygen atoms in total. The fourth-order valence-corrected chi connectivity index (χ4v) is 4.60. The van der Waals surface area contributed by atoms with E-state index in [0.29, 0.717) is 12.2 Å². The number of hydrogen-bond donors (Lipinski definition) is 1. The first kappa shape index (κ1) is 17.0. The number of aromatic nitrogens is 2. The van der Waals surface area contributed by atoms with Gasteiger partial charge < -0.3 is 9.88 Å². The number of nitrogens with zero attached hydrogens (tertiary/aromatic N) is 2. The highest BCUT2D eigenvalue weighted by molar-refractivity contribution is 7.13. The molecule has 0 aliphatic heterocycles. The van der Waals surface area contributed by atoms with Crippen LogP contribution in [0.4, 0.5) is 0 Å². The summed E-state index contributed by atoms with van der Waals surface area (Å²) in [6.07, 6.45) is 0.852. The van der Waals surface area contributed by atoms with Gasteiger partial charge in [-0.3, -0.25) is 4.79 Å². The van der Waals surface area contributed by atoms with Gasteiger partial charge in [0.05, 0.1) is 5.69 Å². The molecular weight excluding hydrogens is 362 g/mol. The topological polar surface area (TPSA) is 46.9 Å². The average molecular weight is 382 g/mol. The summed E-state index contributed by atoms with van der Waals surface area (Å²) in [5.41, 5.74) is 2.75. The molecule has 0 fully saturated rings. The molecule has 4 aromatic rings. The number of benzene rings is 1. The Labute approximate surface area is 160 Å². The number of thiazole rings is 1. The quantitative estimate of drug-likeness (QED) is 0.520. The largest absolute Gasteiger partial charge is 0.350 e. The van der Waals surface area contributed by atoms with Gasteiger partial charge in [0.25, 0.3) is 5.91 Å². The summed E-state index contributed by atoms with van der Waals surface area (Å²) >= 11 is 3.23. The molecule has 4 rings (SSSR count). The summed E-state index contributed by atoms with van der Waals surface area (Å²) in [6, 6.07) is 14.6. The molecule has 0 saturated heterocycles. The van der Waals surface area contributed by atoms with Crippen LogP contribution in [0.15, 0.2) is 53.2 Å². The van der Waals surface area contributed by atoms with Crippen LogP contribution in [0.25, 0.3) is 21.6 Å². The van der Waals surface area contributed by atoms with Crippen molar-refractivity contribution in [3.8, 4) is 10.7 Å². The lowest BCUT2D eigenvalue weighted by atomic mass is 10.2. The second-order valence-corrected chi connectivity index (χ2v) is 7.85. The van der Waals surface area contributed by atoms with Crippen LogP contribution in [0, 0.1) is 0 Å². The van der Waals surface area contributed by atoms with E-state index in [1.807, 2.05) is 23.6 Å². The Kier molecular flexibility index (Phi) is 4.86. The molecule has 1 aromatic carbocycles. The predicted octanol–water partition coefficient (Wildman–Crippen LogP) is 4.82. The van der Waals surface area contributed by atoms with E-state index in [9.17, 15) is 4.79 Å². The zero-order chi connectivity index (χ0) is 17.9. The number of nitrogens with one attached hydrogen (secondary N) is 1. The molecule has 1 N–H and O–H groups in total. The van der Waals surface area contributed by atoms with Gasteiger partial charge >= 0.3 is 0 Å². The smallest absolute Gasteiger partial charge is 0.270 e. The summed E-state index contributed by atoms with van der Waals surface area (Å²) in [5, 5.41) is 8.93. The minimum atomic E-state index is -0.108. The summed E-state index contributed by atoms with van der Waals surface area (Å²) in [6.45, 7) is 3.62. The molecule has 3 aromatic heterocycles. The molecule has 0 aliphatic rings. The van der Waals surface area contributed by atoms with Crippen molar-refractivity contribution < 1.29 is 4.79 Å². The monoisotopic (exact) mass is 381 g/mol. The maximum Gasteiger partial charge on any atom is 0.270 e. The summed E-state index contributed by atoms with van der Waals surface area (Å²) < 4.78 is 2.24. The number of carbonyl (C=O) groups excluding carboxylic acids is 1. The van der Waals surface area contributed by atoms with Crippen molar-refractivity contribution in [3.63, 3.8) is 0 Å². The average Bonchev–Trinajstić information content (AvgIpc) is 3.40. The van der Waals surface area contributed by atoms with E-state index in [-0.39, 0.29) is 5.91 Å². The standard InChI is InChI=1S/C20H19N3OS2/c1-2-23-17-8-4-3-6-14(17)12-18(23)20-22-16(13-26-20)19(24)21-10-9-15-7-5-11-25-15/h3-8,11-13H,2,9-10H2,1H3,(H,21,24). The number of rotatable bonds is 6. The van der Waals surface area contributed by atoms with Crippen molar-refractivity contribution in [1.82, 2.24) is 14.9 Å². The molecule has 0 unspecified atom stereocenters. The first-order chi connectivity index (χ1) is 12.8. The van der Waals surface area contributed by atoms with E-state index in [1.165, 1.54) is 27.1 Å². The number of thiophene rings is 1. The fourth-order valence-electron chi connectivity index (χ4n) is 3.07. The first-order valence-electron chi connectivity index (χ1n) is 8.61. The van der Waals surface area contributed by atoms with E-state index >= 15 is 0 Å². The van der Waals surface area contributed by atoms with Crippen LogP contribution in [0.2, 0.25) is 0 Å². The van der Waals surface area contributed by atoms with Gasteiger partial charge in [-0.15, -0.1) is 22.7 Å². The van der Waals surface area contributed by atoms with E-state index in [2.05, 4.69) is 51.4 Å². The van der Waals surface area contributed by atoms with Crippen molar-refractivity contribution in [2.45, 2.75) is 19.9 Å². The van der Waals surface area contributed by atoms with Gasteiger partial charge in [0, 0.05) is 34.2 Å². The summed E-state index contributed by atoms with van der Waals surface area (Å²) in [7, 11) is 0. The van der Waals surface area contributed by atoms with E-state index in [0.717, 1.165) is 23.7 Å². The Balaban J connectivity index is 1.51. The molecule has 0 spiro atoms. The summed E-state index contributed by atoms with van der Waals surface area (Å²) in [5.74, 6) is -0.108. The van der Waals surface area contributed by atoms with Crippen molar-refractivity contribution >= 4 is 39.5 Å².